The third-order valence-electron chi connectivity index (χ3n) is 4.12. The maximum absolute atomic E-state index is 13.7. The van der Waals surface area contributed by atoms with Gasteiger partial charge in [0.05, 0.1) is 5.41 Å². The Labute approximate surface area is 195 Å². The first-order chi connectivity index (χ1) is 15.7. The Morgan fingerprint density at radius 3 is 1.71 bits per heavy atom. The number of benzene rings is 1. The molecule has 198 valence electrons. The van der Waals surface area contributed by atoms with Gasteiger partial charge in [-0.25, -0.2) is 26.4 Å². The molecule has 0 fully saturated rings. The summed E-state index contributed by atoms with van der Waals surface area (Å²) in [7, 11) is -13.6. The Morgan fingerprint density at radius 2 is 1.29 bits per heavy atom. The number of ether oxygens (including phenoxy) is 3. The number of sulfonamides is 2. The lowest BCUT2D eigenvalue weighted by atomic mass is 9.91. The van der Waals surface area contributed by atoms with Gasteiger partial charge in [0.25, 0.3) is 0 Å². The van der Waals surface area contributed by atoms with E-state index in [-0.39, 0.29) is 15.6 Å². The number of alkyl halides is 5. The fourth-order valence-electron chi connectivity index (χ4n) is 1.69. The van der Waals surface area contributed by atoms with Crippen LogP contribution in [0.3, 0.4) is 0 Å². The summed E-state index contributed by atoms with van der Waals surface area (Å²) in [5.74, 6) is -5.32. The fraction of sp³-hybridized carbons (Fsp3) is 0.471. The van der Waals surface area contributed by atoms with E-state index < -0.39 is 60.7 Å². The normalized spacial score (nSPS) is 13.1. The highest BCUT2D eigenvalue weighted by atomic mass is 32.3. The Bertz CT molecular complexity index is 1180. The maximum Gasteiger partial charge on any atom is 0.512 e. The zero-order valence-corrected chi connectivity index (χ0v) is 19.6. The van der Waals surface area contributed by atoms with E-state index in [4.69, 9.17) is 4.74 Å². The minimum Gasteiger partial charge on any atom is -0.448 e. The molecule has 0 unspecified atom stereocenters. The number of carbonyl (C=O) groups excluding carboxylic acids is 3. The Morgan fingerprint density at radius 1 is 0.829 bits per heavy atom. The van der Waals surface area contributed by atoms with E-state index in [0.29, 0.717) is 6.42 Å². The molecule has 0 heterocycles. The molecule has 35 heavy (non-hydrogen) atoms. The van der Waals surface area contributed by atoms with Gasteiger partial charge >= 0.3 is 48.7 Å². The number of nitrogens with one attached hydrogen (secondary N) is 1. The first-order valence-corrected chi connectivity index (χ1v) is 12.1. The van der Waals surface area contributed by atoms with Gasteiger partial charge in [0.15, 0.2) is 6.61 Å². The Balaban J connectivity index is 2.76. The highest BCUT2D eigenvalue weighted by Gasteiger charge is 2.60. The van der Waals surface area contributed by atoms with Crippen molar-refractivity contribution in [2.45, 2.75) is 38.0 Å². The monoisotopic (exact) mass is 555 g/mol. The van der Waals surface area contributed by atoms with E-state index in [9.17, 15) is 53.2 Å². The van der Waals surface area contributed by atoms with Crippen molar-refractivity contribution in [3.05, 3.63) is 24.3 Å². The van der Waals surface area contributed by atoms with Crippen molar-refractivity contribution in [3.63, 3.8) is 0 Å². The van der Waals surface area contributed by atoms with E-state index in [1.54, 1.807) is 20.8 Å². The summed E-state index contributed by atoms with van der Waals surface area (Å²) in [4.78, 5) is 35.0. The lowest BCUT2D eigenvalue weighted by Crippen LogP contribution is -2.51. The van der Waals surface area contributed by atoms with E-state index in [1.165, 1.54) is 12.1 Å². The number of hydrogen-bond donors (Lipinski definition) is 1. The number of halogens is 5. The molecule has 11 nitrogen and oxygen atoms in total. The third-order valence-corrected chi connectivity index (χ3v) is 7.33. The van der Waals surface area contributed by atoms with E-state index in [2.05, 4.69) is 9.47 Å². The van der Waals surface area contributed by atoms with Crippen LogP contribution in [0.4, 0.5) is 22.0 Å². The van der Waals surface area contributed by atoms with Crippen LogP contribution >= 0.6 is 0 Å². The average Bonchev–Trinajstić information content (AvgIpc) is 2.71. The van der Waals surface area contributed by atoms with Gasteiger partial charge < -0.3 is 14.2 Å². The van der Waals surface area contributed by atoms with Crippen molar-refractivity contribution in [2.24, 2.45) is 5.41 Å². The highest BCUT2D eigenvalue weighted by molar-refractivity contribution is 8.05. The second-order valence-corrected chi connectivity index (χ2v) is 10.9. The summed E-state index contributed by atoms with van der Waals surface area (Å²) in [6.07, 6.45) is 0.481. The molecule has 0 amide bonds. The van der Waals surface area contributed by atoms with E-state index >= 15 is 0 Å². The van der Waals surface area contributed by atoms with Gasteiger partial charge in [0.2, 0.25) is 0 Å². The standard InChI is InChI=1S/C17H18F5NO10S2/c1-4-15(2,3)13(25)33-11-7-5-10(6-8-11)32-12(24)9-31-14(26)16(18,19)34(27,28)23-35(29,30)17(20,21)22/h5-8,23H,4,9H2,1-3H3. The summed E-state index contributed by atoms with van der Waals surface area (Å²) >= 11 is 0. The van der Waals surface area contributed by atoms with Crippen LogP contribution in [0.1, 0.15) is 27.2 Å². The van der Waals surface area contributed by atoms with Gasteiger partial charge in [0, 0.05) is 0 Å². The molecule has 0 saturated heterocycles. The van der Waals surface area contributed by atoms with Gasteiger partial charge in [-0.15, -0.1) is 0 Å². The molecular weight excluding hydrogens is 537 g/mol. The van der Waals surface area contributed by atoms with Crippen molar-refractivity contribution in [1.29, 1.82) is 0 Å². The Kier molecular flexibility index (Phi) is 8.97. The van der Waals surface area contributed by atoms with Crippen molar-refractivity contribution in [1.82, 2.24) is 4.13 Å². The van der Waals surface area contributed by atoms with Gasteiger partial charge in [-0.3, -0.25) is 4.79 Å². The van der Waals surface area contributed by atoms with Crippen LogP contribution in [-0.2, 0) is 39.2 Å². The molecule has 0 atom stereocenters. The number of esters is 3. The minimum atomic E-state index is -6.81. The molecule has 1 N–H and O–H groups in total. The fourth-order valence-corrected chi connectivity index (χ4v) is 3.92. The maximum atomic E-state index is 13.7. The summed E-state index contributed by atoms with van der Waals surface area (Å²) in [6, 6.07) is 4.61. The van der Waals surface area contributed by atoms with Gasteiger partial charge in [0.1, 0.15) is 11.5 Å². The number of carbonyl (C=O) groups is 3. The van der Waals surface area contributed by atoms with Crippen LogP contribution in [0.2, 0.25) is 0 Å². The summed E-state index contributed by atoms with van der Waals surface area (Å²) in [6.45, 7) is 3.43. The number of hydrogen-bond acceptors (Lipinski definition) is 10. The number of rotatable bonds is 10. The zero-order chi connectivity index (χ0) is 27.5. The first-order valence-electron chi connectivity index (χ1n) is 9.09. The van der Waals surface area contributed by atoms with Crippen LogP contribution in [0, 0.1) is 5.41 Å². The van der Waals surface area contributed by atoms with Crippen LogP contribution < -0.4 is 13.6 Å². The Hall–Kier alpha value is -2.86. The van der Waals surface area contributed by atoms with Crippen LogP contribution in [0.25, 0.3) is 0 Å². The average molecular weight is 555 g/mol. The third kappa shape index (κ3) is 7.56. The largest absolute Gasteiger partial charge is 0.512 e. The molecule has 18 heteroatoms. The molecule has 1 rings (SSSR count). The minimum absolute atomic E-state index is 0.0638. The second kappa shape index (κ2) is 10.4. The molecular formula is C17H18F5NO10S2. The van der Waals surface area contributed by atoms with Crippen LogP contribution in [0.15, 0.2) is 24.3 Å². The summed E-state index contributed by atoms with van der Waals surface area (Å²) < 4.78 is 121. The van der Waals surface area contributed by atoms with Crippen molar-refractivity contribution < 1.29 is 67.4 Å². The van der Waals surface area contributed by atoms with Gasteiger partial charge in [-0.2, -0.15) is 22.0 Å². The van der Waals surface area contributed by atoms with Gasteiger partial charge in [-0.05, 0) is 44.5 Å². The van der Waals surface area contributed by atoms with E-state index in [0.717, 1.165) is 12.1 Å². The second-order valence-electron chi connectivity index (χ2n) is 7.20. The predicted molar refractivity (Wildman–Crippen MR) is 105 cm³/mol. The topological polar surface area (TPSA) is 159 Å². The molecule has 0 radical (unpaired) electrons. The lowest BCUT2D eigenvalue weighted by Gasteiger charge is -2.20. The molecule has 0 bridgehead atoms. The quantitative estimate of drug-likeness (QED) is 0.256. The molecule has 0 aliphatic carbocycles. The van der Waals surface area contributed by atoms with Crippen molar-refractivity contribution >= 4 is 38.0 Å². The van der Waals surface area contributed by atoms with E-state index in [1.807, 2.05) is 0 Å². The van der Waals surface area contributed by atoms with Gasteiger partial charge in [-0.1, -0.05) is 11.1 Å². The molecule has 0 aromatic heterocycles. The summed E-state index contributed by atoms with van der Waals surface area (Å²) in [5.41, 5.74) is -7.07. The highest BCUT2D eigenvalue weighted by Crippen LogP contribution is 2.28. The smallest absolute Gasteiger partial charge is 0.448 e. The first kappa shape index (κ1) is 30.2. The molecule has 0 saturated carbocycles. The van der Waals surface area contributed by atoms with Crippen molar-refractivity contribution in [2.75, 3.05) is 6.61 Å². The molecule has 0 aliphatic rings. The summed E-state index contributed by atoms with van der Waals surface area (Å²) in [5, 5.41) is -5.83. The molecule has 1 aromatic rings. The zero-order valence-electron chi connectivity index (χ0n) is 18.0. The van der Waals surface area contributed by atoms with Crippen LogP contribution in [-0.4, -0.2) is 52.1 Å². The molecule has 1 aromatic carbocycles. The lowest BCUT2D eigenvalue weighted by molar-refractivity contribution is -0.166. The predicted octanol–water partition coefficient (Wildman–Crippen LogP) is 1.84. The molecule has 0 aliphatic heterocycles. The SMILES string of the molecule is CCC(C)(C)C(=O)Oc1ccc(OC(=O)COC(=O)C(F)(F)S(=O)(=O)NS(=O)(=O)C(F)(F)F)cc1. The molecule has 0 spiro atoms. The van der Waals surface area contributed by atoms with Crippen molar-refractivity contribution in [3.8, 4) is 11.5 Å². The van der Waals surface area contributed by atoms with Crippen LogP contribution in [0.5, 0.6) is 11.5 Å².